The molecule has 0 saturated carbocycles. The van der Waals surface area contributed by atoms with Crippen molar-refractivity contribution >= 4 is 27.2 Å². The first-order chi connectivity index (χ1) is 7.85. The summed E-state index contributed by atoms with van der Waals surface area (Å²) in [6.45, 7) is 2.82. The van der Waals surface area contributed by atoms with Gasteiger partial charge in [-0.2, -0.15) is 0 Å². The Morgan fingerprint density at radius 2 is 2.38 bits per heavy atom. The number of aromatic nitrogens is 1. The van der Waals surface area contributed by atoms with Crippen LogP contribution in [0.2, 0.25) is 0 Å². The molecule has 0 aliphatic rings. The Kier molecular flexibility index (Phi) is 3.74. The lowest BCUT2D eigenvalue weighted by Crippen LogP contribution is -2.29. The number of thiophene rings is 1. The highest BCUT2D eigenvalue weighted by Gasteiger charge is 2.08. The molecule has 3 N–H and O–H groups in total. The van der Waals surface area contributed by atoms with E-state index in [0.717, 1.165) is 18.7 Å². The maximum atomic E-state index is 5.74. The topological polar surface area (TPSA) is 50.9 Å². The lowest BCUT2D eigenvalue weighted by Gasteiger charge is -2.16. The molecule has 0 bridgehead atoms. The lowest BCUT2D eigenvalue weighted by molar-refractivity contribution is 0.647. The largest absolute Gasteiger partial charge is 0.366 e. The number of rotatable bonds is 5. The first-order valence-corrected chi connectivity index (χ1v) is 6.52. The van der Waals surface area contributed by atoms with Crippen molar-refractivity contribution in [3.63, 3.8) is 0 Å². The lowest BCUT2D eigenvalue weighted by atomic mass is 10.1. The van der Waals surface area contributed by atoms with Gasteiger partial charge in [-0.25, -0.2) is 4.98 Å². The zero-order chi connectivity index (χ0) is 11.4. The van der Waals surface area contributed by atoms with E-state index < -0.39 is 0 Å². The van der Waals surface area contributed by atoms with Crippen LogP contribution in [0.15, 0.2) is 23.7 Å². The molecule has 2 aromatic heterocycles. The smallest absolute Gasteiger partial charge is 0.134 e. The van der Waals surface area contributed by atoms with Gasteiger partial charge in [0.2, 0.25) is 0 Å². The molecule has 16 heavy (non-hydrogen) atoms. The molecule has 1 atom stereocenters. The van der Waals surface area contributed by atoms with E-state index in [1.165, 1.54) is 10.1 Å². The summed E-state index contributed by atoms with van der Waals surface area (Å²) in [5.41, 5.74) is 5.74. The van der Waals surface area contributed by atoms with Crippen molar-refractivity contribution in [1.29, 1.82) is 0 Å². The third-order valence-corrected chi connectivity index (χ3v) is 3.52. The zero-order valence-corrected chi connectivity index (χ0v) is 10.3. The van der Waals surface area contributed by atoms with E-state index in [0.29, 0.717) is 12.6 Å². The van der Waals surface area contributed by atoms with Gasteiger partial charge >= 0.3 is 0 Å². The Bertz CT molecular complexity index is 452. The number of hydrogen-bond donors (Lipinski definition) is 2. The fourth-order valence-corrected chi connectivity index (χ4v) is 2.58. The molecule has 0 spiro atoms. The first kappa shape index (κ1) is 11.4. The van der Waals surface area contributed by atoms with Crippen LogP contribution in [0, 0.1) is 0 Å². The summed E-state index contributed by atoms with van der Waals surface area (Å²) in [6.07, 6.45) is 4.06. The maximum Gasteiger partial charge on any atom is 0.134 e. The molecule has 0 amide bonds. The standard InChI is InChI=1S/C12H17N3S/c1-2-3-9(8-13)15-12-10-5-7-16-11(10)4-6-14-12/h4-7,9H,2-3,8,13H2,1H3,(H,14,15). The third kappa shape index (κ3) is 2.33. The quantitative estimate of drug-likeness (QED) is 0.838. The zero-order valence-electron chi connectivity index (χ0n) is 9.44. The van der Waals surface area contributed by atoms with Gasteiger partial charge in [-0.3, -0.25) is 0 Å². The maximum absolute atomic E-state index is 5.74. The Hall–Kier alpha value is -1.13. The first-order valence-electron chi connectivity index (χ1n) is 5.64. The van der Waals surface area contributed by atoms with Crippen LogP contribution in [0.25, 0.3) is 10.1 Å². The molecule has 0 aliphatic carbocycles. The Labute approximate surface area is 99.7 Å². The summed E-state index contributed by atoms with van der Waals surface area (Å²) in [4.78, 5) is 4.39. The van der Waals surface area contributed by atoms with E-state index >= 15 is 0 Å². The molecule has 2 rings (SSSR count). The summed E-state index contributed by atoms with van der Waals surface area (Å²) in [5.74, 6) is 0.961. The summed E-state index contributed by atoms with van der Waals surface area (Å²) in [7, 11) is 0. The van der Waals surface area contributed by atoms with E-state index in [-0.39, 0.29) is 0 Å². The minimum atomic E-state index is 0.322. The molecule has 86 valence electrons. The fourth-order valence-electron chi connectivity index (χ4n) is 1.80. The molecule has 1 unspecified atom stereocenters. The van der Waals surface area contributed by atoms with E-state index in [2.05, 4.69) is 28.7 Å². The highest BCUT2D eigenvalue weighted by molar-refractivity contribution is 7.17. The second kappa shape index (κ2) is 5.27. The van der Waals surface area contributed by atoms with Gasteiger partial charge in [0.05, 0.1) is 0 Å². The minimum absolute atomic E-state index is 0.322. The van der Waals surface area contributed by atoms with Gasteiger partial charge in [0.15, 0.2) is 0 Å². The summed E-state index contributed by atoms with van der Waals surface area (Å²) in [5, 5.41) is 6.72. The average Bonchev–Trinajstić information content (AvgIpc) is 2.77. The number of nitrogens with one attached hydrogen (secondary N) is 1. The van der Waals surface area contributed by atoms with Crippen molar-refractivity contribution in [2.75, 3.05) is 11.9 Å². The van der Waals surface area contributed by atoms with Crippen LogP contribution in [0.3, 0.4) is 0 Å². The Morgan fingerprint density at radius 1 is 1.50 bits per heavy atom. The predicted molar refractivity (Wildman–Crippen MR) is 71.0 cm³/mol. The number of anilines is 1. The number of pyridine rings is 1. The van der Waals surface area contributed by atoms with Crippen molar-refractivity contribution in [3.8, 4) is 0 Å². The van der Waals surface area contributed by atoms with Gasteiger partial charge < -0.3 is 11.1 Å². The highest BCUT2D eigenvalue weighted by atomic mass is 32.1. The van der Waals surface area contributed by atoms with Gasteiger partial charge in [-0.05, 0) is 23.9 Å². The molecular weight excluding hydrogens is 218 g/mol. The predicted octanol–water partition coefficient (Wildman–Crippen LogP) is 2.84. The van der Waals surface area contributed by atoms with Crippen molar-refractivity contribution in [3.05, 3.63) is 23.7 Å². The molecular formula is C12H17N3S. The number of fused-ring (bicyclic) bond motifs is 1. The van der Waals surface area contributed by atoms with Crippen molar-refractivity contribution in [2.45, 2.75) is 25.8 Å². The SMILES string of the molecule is CCCC(CN)Nc1nccc2sccc12. The number of nitrogens with zero attached hydrogens (tertiary/aromatic N) is 1. The van der Waals surface area contributed by atoms with E-state index in [9.17, 15) is 0 Å². The Morgan fingerprint density at radius 3 is 3.12 bits per heavy atom. The number of hydrogen-bond acceptors (Lipinski definition) is 4. The molecule has 0 aromatic carbocycles. The molecule has 0 fully saturated rings. The van der Waals surface area contributed by atoms with Crippen LogP contribution in [0.5, 0.6) is 0 Å². The summed E-state index contributed by atoms with van der Waals surface area (Å²) < 4.78 is 1.27. The summed E-state index contributed by atoms with van der Waals surface area (Å²) >= 11 is 1.74. The normalized spacial score (nSPS) is 12.9. The van der Waals surface area contributed by atoms with Crippen LogP contribution in [0.4, 0.5) is 5.82 Å². The van der Waals surface area contributed by atoms with Crippen molar-refractivity contribution in [2.24, 2.45) is 5.73 Å². The second-order valence-corrected chi connectivity index (χ2v) is 4.81. The summed E-state index contributed by atoms with van der Waals surface area (Å²) in [6, 6.07) is 4.47. The van der Waals surface area contributed by atoms with Gasteiger partial charge in [0, 0.05) is 28.9 Å². The van der Waals surface area contributed by atoms with Crippen LogP contribution in [0.1, 0.15) is 19.8 Å². The molecule has 0 saturated heterocycles. The fraction of sp³-hybridized carbons (Fsp3) is 0.417. The van der Waals surface area contributed by atoms with E-state index in [1.54, 1.807) is 11.3 Å². The molecule has 0 aliphatic heterocycles. The van der Waals surface area contributed by atoms with Gasteiger partial charge in [0.25, 0.3) is 0 Å². The van der Waals surface area contributed by atoms with Crippen LogP contribution < -0.4 is 11.1 Å². The van der Waals surface area contributed by atoms with Crippen LogP contribution in [-0.4, -0.2) is 17.6 Å². The average molecular weight is 235 g/mol. The molecule has 4 heteroatoms. The van der Waals surface area contributed by atoms with Gasteiger partial charge in [-0.1, -0.05) is 13.3 Å². The van der Waals surface area contributed by atoms with Gasteiger partial charge in [-0.15, -0.1) is 11.3 Å². The minimum Gasteiger partial charge on any atom is -0.366 e. The monoisotopic (exact) mass is 235 g/mol. The van der Waals surface area contributed by atoms with E-state index in [1.807, 2.05) is 12.3 Å². The highest BCUT2D eigenvalue weighted by Crippen LogP contribution is 2.26. The Balaban J connectivity index is 2.22. The number of nitrogens with two attached hydrogens (primary N) is 1. The van der Waals surface area contributed by atoms with Gasteiger partial charge in [0.1, 0.15) is 5.82 Å². The molecule has 2 heterocycles. The van der Waals surface area contributed by atoms with Crippen LogP contribution in [-0.2, 0) is 0 Å². The third-order valence-electron chi connectivity index (χ3n) is 2.64. The van der Waals surface area contributed by atoms with Crippen LogP contribution >= 0.6 is 11.3 Å². The van der Waals surface area contributed by atoms with Crippen molar-refractivity contribution < 1.29 is 0 Å². The van der Waals surface area contributed by atoms with E-state index in [4.69, 9.17) is 5.73 Å². The molecule has 2 aromatic rings. The van der Waals surface area contributed by atoms with Crippen molar-refractivity contribution in [1.82, 2.24) is 4.98 Å². The second-order valence-electron chi connectivity index (χ2n) is 3.86. The molecule has 3 nitrogen and oxygen atoms in total. The molecule has 0 radical (unpaired) electrons.